The van der Waals surface area contributed by atoms with E-state index in [0.29, 0.717) is 6.54 Å². The van der Waals surface area contributed by atoms with Crippen molar-refractivity contribution in [3.63, 3.8) is 0 Å². The van der Waals surface area contributed by atoms with E-state index in [1.807, 2.05) is 13.8 Å². The summed E-state index contributed by atoms with van der Waals surface area (Å²) in [7, 11) is 0. The second-order valence-electron chi connectivity index (χ2n) is 2.84. The van der Waals surface area contributed by atoms with Gasteiger partial charge in [-0.05, 0) is 13.3 Å². The summed E-state index contributed by atoms with van der Waals surface area (Å²) in [6.45, 7) is 5.16. The molecule has 0 aromatic heterocycles. The third kappa shape index (κ3) is 1.50. The zero-order chi connectivity index (χ0) is 8.32. The predicted octanol–water partition coefficient (Wildman–Crippen LogP) is 1.18. The normalized spacial score (nSPS) is 29.9. The van der Waals surface area contributed by atoms with Crippen LogP contribution in [0.1, 0.15) is 26.7 Å². The van der Waals surface area contributed by atoms with E-state index in [1.165, 1.54) is 0 Å². The van der Waals surface area contributed by atoms with Gasteiger partial charge < -0.3 is 5.11 Å². The molecule has 0 amide bonds. The van der Waals surface area contributed by atoms with Crippen molar-refractivity contribution in [1.82, 2.24) is 5.01 Å². The standard InChI is InChI=1S/C7H15N3O/c1-3-5-7(11)6-8-9-10(7)4-2/h11H,3-6H2,1-2H3. The number of aliphatic hydroxyl groups is 1. The lowest BCUT2D eigenvalue weighted by atomic mass is 10.1. The quantitative estimate of drug-likeness (QED) is 0.668. The number of likely N-dealkylation sites (N-methyl/N-ethyl adjacent to an activating group) is 1. The van der Waals surface area contributed by atoms with E-state index in [2.05, 4.69) is 10.3 Å². The molecule has 0 aromatic carbocycles. The van der Waals surface area contributed by atoms with Crippen LogP contribution in [-0.2, 0) is 0 Å². The fraction of sp³-hybridized carbons (Fsp3) is 1.00. The van der Waals surface area contributed by atoms with Crippen LogP contribution < -0.4 is 0 Å². The minimum absolute atomic E-state index is 0.425. The molecule has 64 valence electrons. The van der Waals surface area contributed by atoms with Crippen LogP contribution in [0.2, 0.25) is 0 Å². The van der Waals surface area contributed by atoms with Crippen molar-refractivity contribution >= 4 is 0 Å². The molecule has 0 aliphatic carbocycles. The van der Waals surface area contributed by atoms with E-state index in [-0.39, 0.29) is 0 Å². The summed E-state index contributed by atoms with van der Waals surface area (Å²) in [5.41, 5.74) is -0.788. The summed E-state index contributed by atoms with van der Waals surface area (Å²) in [6.07, 6.45) is 1.70. The number of nitrogens with zero attached hydrogens (tertiary/aromatic N) is 3. The van der Waals surface area contributed by atoms with Crippen molar-refractivity contribution in [2.45, 2.75) is 32.4 Å². The summed E-state index contributed by atoms with van der Waals surface area (Å²) >= 11 is 0. The molecule has 0 aromatic rings. The first-order valence-corrected chi connectivity index (χ1v) is 4.10. The average Bonchev–Trinajstić information content (AvgIpc) is 2.31. The molecular formula is C7H15N3O. The van der Waals surface area contributed by atoms with Crippen LogP contribution in [0.3, 0.4) is 0 Å². The summed E-state index contributed by atoms with van der Waals surface area (Å²) in [5, 5.41) is 19.2. The smallest absolute Gasteiger partial charge is 0.176 e. The topological polar surface area (TPSA) is 48.2 Å². The lowest BCUT2D eigenvalue weighted by Gasteiger charge is -2.29. The lowest BCUT2D eigenvalue weighted by molar-refractivity contribution is -0.0851. The molecule has 0 saturated carbocycles. The first kappa shape index (κ1) is 8.46. The van der Waals surface area contributed by atoms with E-state index in [9.17, 15) is 5.11 Å². The maximum Gasteiger partial charge on any atom is 0.176 e. The predicted molar refractivity (Wildman–Crippen MR) is 42.0 cm³/mol. The fourth-order valence-electron chi connectivity index (χ4n) is 1.35. The van der Waals surface area contributed by atoms with Gasteiger partial charge in [-0.15, -0.1) is 0 Å². The Morgan fingerprint density at radius 3 is 2.82 bits per heavy atom. The Morgan fingerprint density at radius 1 is 1.55 bits per heavy atom. The van der Waals surface area contributed by atoms with Crippen LogP contribution in [0.25, 0.3) is 0 Å². The van der Waals surface area contributed by atoms with Gasteiger partial charge in [0.2, 0.25) is 0 Å². The molecular weight excluding hydrogens is 142 g/mol. The van der Waals surface area contributed by atoms with E-state index in [4.69, 9.17) is 0 Å². The Balaban J connectivity index is 2.56. The first-order valence-electron chi connectivity index (χ1n) is 4.10. The largest absolute Gasteiger partial charge is 0.368 e. The van der Waals surface area contributed by atoms with Crippen LogP contribution in [0.15, 0.2) is 10.3 Å². The number of hydrogen-bond acceptors (Lipinski definition) is 4. The van der Waals surface area contributed by atoms with Gasteiger partial charge in [-0.25, -0.2) is 5.01 Å². The molecule has 1 heterocycles. The highest BCUT2D eigenvalue weighted by molar-refractivity contribution is 4.81. The van der Waals surface area contributed by atoms with Crippen molar-refractivity contribution < 1.29 is 5.11 Å². The highest BCUT2D eigenvalue weighted by Crippen LogP contribution is 2.24. The van der Waals surface area contributed by atoms with Crippen LogP contribution >= 0.6 is 0 Å². The van der Waals surface area contributed by atoms with Gasteiger partial charge in [0.05, 0.1) is 0 Å². The first-order chi connectivity index (χ1) is 5.23. The molecule has 4 heteroatoms. The highest BCUT2D eigenvalue weighted by Gasteiger charge is 2.35. The zero-order valence-corrected chi connectivity index (χ0v) is 7.12. The van der Waals surface area contributed by atoms with Gasteiger partial charge in [-0.1, -0.05) is 18.6 Å². The lowest BCUT2D eigenvalue weighted by Crippen LogP contribution is -2.44. The Hall–Kier alpha value is -0.640. The summed E-state index contributed by atoms with van der Waals surface area (Å²) in [5.74, 6) is 0. The maximum absolute atomic E-state index is 9.89. The van der Waals surface area contributed by atoms with E-state index >= 15 is 0 Å². The molecule has 1 aliphatic heterocycles. The van der Waals surface area contributed by atoms with Gasteiger partial charge in [-0.2, -0.15) is 5.11 Å². The molecule has 1 unspecified atom stereocenters. The fourth-order valence-corrected chi connectivity index (χ4v) is 1.35. The van der Waals surface area contributed by atoms with Crippen LogP contribution in [0.4, 0.5) is 0 Å². The number of hydrogen-bond donors (Lipinski definition) is 1. The van der Waals surface area contributed by atoms with Gasteiger partial charge >= 0.3 is 0 Å². The maximum atomic E-state index is 9.89. The molecule has 1 rings (SSSR count). The van der Waals surface area contributed by atoms with Gasteiger partial charge in [0, 0.05) is 6.54 Å². The molecule has 1 atom stereocenters. The molecule has 0 fully saturated rings. The van der Waals surface area contributed by atoms with Crippen LogP contribution in [0.5, 0.6) is 0 Å². The van der Waals surface area contributed by atoms with Gasteiger partial charge in [0.25, 0.3) is 0 Å². The van der Waals surface area contributed by atoms with Gasteiger partial charge in [0.1, 0.15) is 6.54 Å². The Labute approximate surface area is 66.9 Å². The highest BCUT2D eigenvalue weighted by atomic mass is 16.3. The van der Waals surface area contributed by atoms with Crippen LogP contribution in [-0.4, -0.2) is 28.9 Å². The number of rotatable bonds is 3. The average molecular weight is 157 g/mol. The van der Waals surface area contributed by atoms with Crippen molar-refractivity contribution in [3.8, 4) is 0 Å². The Kier molecular flexibility index (Phi) is 2.44. The van der Waals surface area contributed by atoms with Crippen LogP contribution in [0, 0.1) is 0 Å². The van der Waals surface area contributed by atoms with Crippen molar-refractivity contribution in [1.29, 1.82) is 0 Å². The van der Waals surface area contributed by atoms with E-state index in [1.54, 1.807) is 5.01 Å². The third-order valence-electron chi connectivity index (χ3n) is 1.93. The van der Waals surface area contributed by atoms with Crippen molar-refractivity contribution in [2.75, 3.05) is 13.1 Å². The molecule has 11 heavy (non-hydrogen) atoms. The summed E-state index contributed by atoms with van der Waals surface area (Å²) < 4.78 is 0. The van der Waals surface area contributed by atoms with Gasteiger partial charge in [-0.3, -0.25) is 0 Å². The molecule has 4 nitrogen and oxygen atoms in total. The third-order valence-corrected chi connectivity index (χ3v) is 1.93. The molecule has 0 bridgehead atoms. The van der Waals surface area contributed by atoms with Crippen molar-refractivity contribution in [2.24, 2.45) is 10.3 Å². The second-order valence-corrected chi connectivity index (χ2v) is 2.84. The molecule has 0 saturated heterocycles. The van der Waals surface area contributed by atoms with Crippen molar-refractivity contribution in [3.05, 3.63) is 0 Å². The summed E-state index contributed by atoms with van der Waals surface area (Å²) in [6, 6.07) is 0. The molecule has 0 radical (unpaired) electrons. The Bertz CT molecular complexity index is 160. The minimum Gasteiger partial charge on any atom is -0.368 e. The molecule has 0 spiro atoms. The summed E-state index contributed by atoms with van der Waals surface area (Å²) in [4.78, 5) is 0. The van der Waals surface area contributed by atoms with Gasteiger partial charge in [0.15, 0.2) is 5.72 Å². The monoisotopic (exact) mass is 157 g/mol. The van der Waals surface area contributed by atoms with E-state index in [0.717, 1.165) is 19.4 Å². The second kappa shape index (κ2) is 3.17. The zero-order valence-electron chi connectivity index (χ0n) is 7.12. The molecule has 1 N–H and O–H groups in total. The minimum atomic E-state index is -0.788. The SMILES string of the molecule is CCCC1(O)CN=NN1CC. The van der Waals surface area contributed by atoms with E-state index < -0.39 is 5.72 Å². The molecule has 1 aliphatic rings. The Morgan fingerprint density at radius 2 is 2.27 bits per heavy atom.